The largest absolute Gasteiger partial charge is 0.351 e. The highest BCUT2D eigenvalue weighted by atomic mass is 32.1. The highest BCUT2D eigenvalue weighted by Crippen LogP contribution is 2.05. The first-order valence-electron chi connectivity index (χ1n) is 7.62. The van der Waals surface area contributed by atoms with Crippen molar-refractivity contribution < 1.29 is 14.4 Å². The zero-order valence-corrected chi connectivity index (χ0v) is 15.0. The van der Waals surface area contributed by atoms with E-state index < -0.39 is 0 Å². The van der Waals surface area contributed by atoms with Crippen LogP contribution in [0.4, 0.5) is 0 Å². The maximum Gasteiger partial charge on any atom is 0.252 e. The summed E-state index contributed by atoms with van der Waals surface area (Å²) in [4.78, 5) is 37.3. The maximum absolute atomic E-state index is 12.1. The molecule has 0 saturated carbocycles. The Morgan fingerprint density at radius 1 is 1.26 bits per heavy atom. The Balaban J connectivity index is 2.39. The summed E-state index contributed by atoms with van der Waals surface area (Å²) >= 11 is 1.45. The summed E-state index contributed by atoms with van der Waals surface area (Å²) in [6.07, 6.45) is 0.173. The second-order valence-corrected chi connectivity index (χ2v) is 7.00. The second-order valence-electron chi connectivity index (χ2n) is 6.22. The minimum Gasteiger partial charge on any atom is -0.351 e. The summed E-state index contributed by atoms with van der Waals surface area (Å²) < 4.78 is 0. The van der Waals surface area contributed by atoms with E-state index in [1.165, 1.54) is 16.2 Å². The van der Waals surface area contributed by atoms with Crippen LogP contribution in [0.2, 0.25) is 0 Å². The molecule has 1 heterocycles. The van der Waals surface area contributed by atoms with Gasteiger partial charge in [-0.3, -0.25) is 14.4 Å². The van der Waals surface area contributed by atoms with Crippen molar-refractivity contribution in [3.63, 3.8) is 0 Å². The molecule has 1 rings (SSSR count). The summed E-state index contributed by atoms with van der Waals surface area (Å²) in [5, 5.41) is 9.12. The molecule has 0 atom stereocenters. The molecule has 0 spiro atoms. The van der Waals surface area contributed by atoms with Crippen molar-refractivity contribution >= 4 is 29.1 Å². The molecule has 0 fully saturated rings. The third kappa shape index (κ3) is 7.27. The van der Waals surface area contributed by atoms with Crippen molar-refractivity contribution in [3.8, 4) is 0 Å². The Hall–Kier alpha value is -1.89. The van der Waals surface area contributed by atoms with Gasteiger partial charge in [-0.2, -0.15) is 11.3 Å². The number of carbonyl (C=O) groups excluding carboxylic acids is 3. The number of hydrogen-bond donors (Lipinski definition) is 2. The van der Waals surface area contributed by atoms with Crippen molar-refractivity contribution in [2.75, 3.05) is 19.6 Å². The minimum absolute atomic E-state index is 0.0328. The van der Waals surface area contributed by atoms with Crippen LogP contribution in [0.25, 0.3) is 0 Å². The summed E-state index contributed by atoms with van der Waals surface area (Å²) in [6, 6.07) is 1.73. The molecule has 6 nitrogen and oxygen atoms in total. The van der Waals surface area contributed by atoms with Crippen LogP contribution in [-0.4, -0.2) is 47.8 Å². The summed E-state index contributed by atoms with van der Waals surface area (Å²) in [5.41, 5.74) is 0.271. The lowest BCUT2D eigenvalue weighted by molar-refractivity contribution is -0.136. The fourth-order valence-corrected chi connectivity index (χ4v) is 2.58. The van der Waals surface area contributed by atoms with Crippen LogP contribution in [0.15, 0.2) is 16.8 Å². The first kappa shape index (κ1) is 19.2. The number of thiophene rings is 1. The van der Waals surface area contributed by atoms with Gasteiger partial charge < -0.3 is 15.5 Å². The van der Waals surface area contributed by atoms with E-state index in [1.807, 2.05) is 33.1 Å². The molecule has 7 heteroatoms. The fourth-order valence-electron chi connectivity index (χ4n) is 1.94. The monoisotopic (exact) mass is 339 g/mol. The number of nitrogens with one attached hydrogen (secondary N) is 2. The topological polar surface area (TPSA) is 78.5 Å². The van der Waals surface area contributed by atoms with Crippen molar-refractivity contribution in [2.45, 2.75) is 39.7 Å². The van der Waals surface area contributed by atoms with Gasteiger partial charge in [0.1, 0.15) is 0 Å². The number of rotatable bonds is 7. The molecule has 0 unspecified atom stereocenters. The lowest BCUT2D eigenvalue weighted by atomic mass is 10.1. The molecule has 23 heavy (non-hydrogen) atoms. The Labute approximate surface area is 141 Å². The molecule has 128 valence electrons. The molecule has 1 aromatic heterocycles. The Morgan fingerprint density at radius 2 is 1.96 bits per heavy atom. The highest BCUT2D eigenvalue weighted by molar-refractivity contribution is 7.08. The smallest absolute Gasteiger partial charge is 0.252 e. The first-order chi connectivity index (χ1) is 10.7. The molecular formula is C16H25N3O3S. The lowest BCUT2D eigenvalue weighted by Crippen LogP contribution is -2.47. The molecule has 0 radical (unpaired) electrons. The van der Waals surface area contributed by atoms with Crippen LogP contribution in [0.1, 0.15) is 44.5 Å². The zero-order valence-electron chi connectivity index (χ0n) is 14.1. The predicted octanol–water partition coefficient (Wildman–Crippen LogP) is 1.63. The van der Waals surface area contributed by atoms with E-state index >= 15 is 0 Å². The SMILES string of the molecule is CCN(CC(=O)NC(C)(C)C)C(=O)CCNC(=O)c1ccsc1. The van der Waals surface area contributed by atoms with E-state index in [1.54, 1.807) is 11.4 Å². The minimum atomic E-state index is -0.325. The fraction of sp³-hybridized carbons (Fsp3) is 0.562. The lowest BCUT2D eigenvalue weighted by Gasteiger charge is -2.25. The Bertz CT molecular complexity index is 535. The molecule has 3 amide bonds. The van der Waals surface area contributed by atoms with Gasteiger partial charge in [0, 0.05) is 36.0 Å². The van der Waals surface area contributed by atoms with Crippen molar-refractivity contribution in [3.05, 3.63) is 22.4 Å². The number of amides is 3. The molecule has 0 aliphatic heterocycles. The van der Waals surface area contributed by atoms with Crippen molar-refractivity contribution in [2.24, 2.45) is 0 Å². The van der Waals surface area contributed by atoms with Gasteiger partial charge in [-0.1, -0.05) is 0 Å². The van der Waals surface area contributed by atoms with Crippen molar-refractivity contribution in [1.29, 1.82) is 0 Å². The molecule has 0 aliphatic carbocycles. The van der Waals surface area contributed by atoms with Gasteiger partial charge in [0.25, 0.3) is 5.91 Å². The standard InChI is InChI=1S/C16H25N3O3S/c1-5-19(10-13(20)18-16(2,3)4)14(21)6-8-17-15(22)12-7-9-23-11-12/h7,9,11H,5-6,8,10H2,1-4H3,(H,17,22)(H,18,20). The summed E-state index contributed by atoms with van der Waals surface area (Å²) in [7, 11) is 0. The molecule has 0 saturated heterocycles. The van der Waals surface area contributed by atoms with E-state index in [0.717, 1.165) is 0 Å². The highest BCUT2D eigenvalue weighted by Gasteiger charge is 2.19. The van der Waals surface area contributed by atoms with Gasteiger partial charge in [-0.15, -0.1) is 0 Å². The predicted molar refractivity (Wildman–Crippen MR) is 91.4 cm³/mol. The second kappa shape index (κ2) is 8.67. The van der Waals surface area contributed by atoms with Gasteiger partial charge in [0.05, 0.1) is 6.54 Å². The van der Waals surface area contributed by atoms with Crippen LogP contribution in [-0.2, 0) is 9.59 Å². The average molecular weight is 339 g/mol. The zero-order chi connectivity index (χ0) is 17.5. The summed E-state index contributed by atoms with van der Waals surface area (Å²) in [6.45, 7) is 8.24. The Kier molecular flexibility index (Phi) is 7.22. The molecule has 1 aromatic rings. The van der Waals surface area contributed by atoms with E-state index in [4.69, 9.17) is 0 Å². The summed E-state index contributed by atoms with van der Waals surface area (Å²) in [5.74, 6) is -0.523. The molecule has 0 aromatic carbocycles. The number of nitrogens with zero attached hydrogens (tertiary/aromatic N) is 1. The molecule has 2 N–H and O–H groups in total. The van der Waals surface area contributed by atoms with Gasteiger partial charge in [0.2, 0.25) is 11.8 Å². The van der Waals surface area contributed by atoms with E-state index in [-0.39, 0.29) is 42.8 Å². The number of hydrogen-bond acceptors (Lipinski definition) is 4. The Morgan fingerprint density at radius 3 is 2.48 bits per heavy atom. The van der Waals surface area contributed by atoms with Crippen LogP contribution in [0.5, 0.6) is 0 Å². The van der Waals surface area contributed by atoms with Crippen LogP contribution in [0.3, 0.4) is 0 Å². The van der Waals surface area contributed by atoms with E-state index in [0.29, 0.717) is 12.1 Å². The third-order valence-electron chi connectivity index (χ3n) is 2.99. The molecule has 0 bridgehead atoms. The first-order valence-corrected chi connectivity index (χ1v) is 8.56. The van der Waals surface area contributed by atoms with E-state index in [9.17, 15) is 14.4 Å². The van der Waals surface area contributed by atoms with Gasteiger partial charge in [-0.25, -0.2) is 0 Å². The van der Waals surface area contributed by atoms with Crippen LogP contribution < -0.4 is 10.6 Å². The third-order valence-corrected chi connectivity index (χ3v) is 3.67. The van der Waals surface area contributed by atoms with Crippen LogP contribution >= 0.6 is 11.3 Å². The van der Waals surface area contributed by atoms with E-state index in [2.05, 4.69) is 10.6 Å². The normalized spacial score (nSPS) is 11.0. The van der Waals surface area contributed by atoms with Crippen LogP contribution in [0, 0.1) is 0 Å². The number of carbonyl (C=O) groups is 3. The molecule has 0 aliphatic rings. The molecular weight excluding hydrogens is 314 g/mol. The van der Waals surface area contributed by atoms with Gasteiger partial charge in [0.15, 0.2) is 0 Å². The van der Waals surface area contributed by atoms with Gasteiger partial charge >= 0.3 is 0 Å². The number of likely N-dealkylation sites (N-methyl/N-ethyl adjacent to an activating group) is 1. The quantitative estimate of drug-likeness (QED) is 0.792. The van der Waals surface area contributed by atoms with Gasteiger partial charge in [-0.05, 0) is 39.1 Å². The maximum atomic E-state index is 12.1. The average Bonchev–Trinajstić information content (AvgIpc) is 2.96. The van der Waals surface area contributed by atoms with Crippen molar-refractivity contribution in [1.82, 2.24) is 15.5 Å².